The number of carbonyl (C=O) groups is 3. The number of carboxylic acids is 1. The minimum absolute atomic E-state index is 0.0548. The molecule has 2 N–H and O–H groups in total. The number of likely N-dealkylation sites (tertiary alicyclic amines) is 1. The van der Waals surface area contributed by atoms with E-state index in [1.165, 1.54) is 4.90 Å². The van der Waals surface area contributed by atoms with Crippen LogP contribution in [0.25, 0.3) is 11.1 Å². The van der Waals surface area contributed by atoms with Gasteiger partial charge in [0.15, 0.2) is 0 Å². The predicted octanol–water partition coefficient (Wildman–Crippen LogP) is 2.85. The molecule has 7 nitrogen and oxygen atoms in total. The molecule has 4 rings (SSSR count). The Kier molecular flexibility index (Phi) is 4.97. The molecular formula is C23H24N2O5. The second kappa shape index (κ2) is 7.48. The molecule has 156 valence electrons. The molecule has 1 atom stereocenters. The first kappa shape index (κ1) is 19.9. The molecule has 1 aliphatic carbocycles. The molecule has 0 bridgehead atoms. The second-order valence-electron chi connectivity index (χ2n) is 8.25. The minimum Gasteiger partial charge on any atom is -0.481 e. The van der Waals surface area contributed by atoms with Crippen LogP contribution in [-0.2, 0) is 14.3 Å². The molecule has 7 heteroatoms. The fourth-order valence-electron chi connectivity index (χ4n) is 4.24. The van der Waals surface area contributed by atoms with Crippen molar-refractivity contribution in [3.05, 3.63) is 59.7 Å². The first-order valence-corrected chi connectivity index (χ1v) is 9.94. The molecule has 2 amide bonds. The Morgan fingerprint density at radius 1 is 1.10 bits per heavy atom. The van der Waals surface area contributed by atoms with Gasteiger partial charge in [0.1, 0.15) is 12.6 Å². The van der Waals surface area contributed by atoms with Gasteiger partial charge >= 0.3 is 12.1 Å². The van der Waals surface area contributed by atoms with Gasteiger partial charge in [0.25, 0.3) is 0 Å². The van der Waals surface area contributed by atoms with Crippen LogP contribution in [0.2, 0.25) is 0 Å². The van der Waals surface area contributed by atoms with Crippen LogP contribution in [0.4, 0.5) is 4.79 Å². The van der Waals surface area contributed by atoms with Gasteiger partial charge in [0.2, 0.25) is 5.91 Å². The van der Waals surface area contributed by atoms with Gasteiger partial charge < -0.3 is 20.1 Å². The Hall–Kier alpha value is -3.35. The molecule has 30 heavy (non-hydrogen) atoms. The fraction of sp³-hybridized carbons (Fsp3) is 0.348. The van der Waals surface area contributed by atoms with Crippen molar-refractivity contribution in [3.8, 4) is 11.1 Å². The van der Waals surface area contributed by atoms with E-state index in [4.69, 9.17) is 9.84 Å². The number of hydrogen-bond donors (Lipinski definition) is 2. The molecule has 1 fully saturated rings. The van der Waals surface area contributed by atoms with Gasteiger partial charge in [-0.25, -0.2) is 4.79 Å². The summed E-state index contributed by atoms with van der Waals surface area (Å²) in [6, 6.07) is 15.3. The molecule has 2 aliphatic rings. The van der Waals surface area contributed by atoms with E-state index in [9.17, 15) is 14.4 Å². The topological polar surface area (TPSA) is 95.9 Å². The number of nitrogens with zero attached hydrogens (tertiary/aromatic N) is 1. The number of benzene rings is 2. The average molecular weight is 408 g/mol. The monoisotopic (exact) mass is 408 g/mol. The van der Waals surface area contributed by atoms with Crippen LogP contribution in [0.15, 0.2) is 48.5 Å². The quantitative estimate of drug-likeness (QED) is 0.793. The zero-order valence-corrected chi connectivity index (χ0v) is 16.9. The van der Waals surface area contributed by atoms with Gasteiger partial charge in [-0.1, -0.05) is 48.5 Å². The fourth-order valence-corrected chi connectivity index (χ4v) is 4.24. The first-order chi connectivity index (χ1) is 14.3. The van der Waals surface area contributed by atoms with Crippen molar-refractivity contribution in [2.75, 3.05) is 19.7 Å². The number of ether oxygens (including phenoxy) is 1. The van der Waals surface area contributed by atoms with Crippen molar-refractivity contribution < 1.29 is 24.2 Å². The number of fused-ring (bicyclic) bond motifs is 3. The Bertz CT molecular complexity index is 967. The van der Waals surface area contributed by atoms with Crippen LogP contribution in [0.1, 0.15) is 30.9 Å². The highest BCUT2D eigenvalue weighted by Gasteiger charge is 2.48. The summed E-state index contributed by atoms with van der Waals surface area (Å²) in [6.45, 7) is 3.61. The van der Waals surface area contributed by atoms with Crippen LogP contribution >= 0.6 is 0 Å². The van der Waals surface area contributed by atoms with Gasteiger partial charge in [-0.2, -0.15) is 0 Å². The molecule has 0 radical (unpaired) electrons. The number of hydrogen-bond acceptors (Lipinski definition) is 4. The van der Waals surface area contributed by atoms with E-state index in [0.29, 0.717) is 0 Å². The lowest BCUT2D eigenvalue weighted by Crippen LogP contribution is -2.63. The lowest BCUT2D eigenvalue weighted by molar-refractivity contribution is -0.164. The number of amides is 2. The third-order valence-corrected chi connectivity index (χ3v) is 5.96. The predicted molar refractivity (Wildman–Crippen MR) is 110 cm³/mol. The van der Waals surface area contributed by atoms with E-state index in [1.807, 2.05) is 36.4 Å². The number of alkyl carbamates (subject to hydrolysis) is 1. The summed E-state index contributed by atoms with van der Waals surface area (Å²) >= 11 is 0. The smallest absolute Gasteiger partial charge is 0.407 e. The number of carbonyl (C=O) groups excluding carboxylic acids is 2. The van der Waals surface area contributed by atoms with Gasteiger partial charge in [0.05, 0.1) is 5.41 Å². The van der Waals surface area contributed by atoms with E-state index < -0.39 is 23.5 Å². The maximum Gasteiger partial charge on any atom is 0.407 e. The van der Waals surface area contributed by atoms with E-state index in [1.54, 1.807) is 13.8 Å². The summed E-state index contributed by atoms with van der Waals surface area (Å²) in [5, 5.41) is 11.7. The molecule has 1 saturated heterocycles. The number of aliphatic carboxylic acids is 1. The third kappa shape index (κ3) is 3.40. The Balaban J connectivity index is 1.34. The molecule has 1 heterocycles. The van der Waals surface area contributed by atoms with Gasteiger partial charge in [-0.3, -0.25) is 9.59 Å². The minimum atomic E-state index is -0.927. The van der Waals surface area contributed by atoms with E-state index in [2.05, 4.69) is 17.4 Å². The van der Waals surface area contributed by atoms with Crippen LogP contribution in [0.3, 0.4) is 0 Å². The summed E-state index contributed by atoms with van der Waals surface area (Å²) in [5.41, 5.74) is 3.60. The Labute approximate surface area is 174 Å². The standard InChI is InChI=1S/C23H24N2O5/c1-14(20(26)25-12-23(2,13-25)21(27)28)24-22(29)30-11-19-17-9-5-3-7-15(17)16-8-4-6-10-18(16)19/h3-10,14,19H,11-13H2,1-2H3,(H,24,29)(H,27,28). The number of rotatable bonds is 5. The maximum absolute atomic E-state index is 12.4. The van der Waals surface area contributed by atoms with Gasteiger partial charge in [0, 0.05) is 19.0 Å². The molecule has 2 aromatic rings. The zero-order valence-electron chi connectivity index (χ0n) is 16.9. The summed E-state index contributed by atoms with van der Waals surface area (Å²) < 4.78 is 5.46. The highest BCUT2D eigenvalue weighted by Crippen LogP contribution is 2.44. The largest absolute Gasteiger partial charge is 0.481 e. The summed E-state index contributed by atoms with van der Waals surface area (Å²) in [7, 11) is 0. The summed E-state index contributed by atoms with van der Waals surface area (Å²) in [5.74, 6) is -1.30. The molecule has 1 unspecified atom stereocenters. The van der Waals surface area contributed by atoms with E-state index >= 15 is 0 Å². The van der Waals surface area contributed by atoms with Crippen LogP contribution < -0.4 is 5.32 Å². The van der Waals surface area contributed by atoms with Crippen molar-refractivity contribution >= 4 is 18.0 Å². The SMILES string of the molecule is CC(NC(=O)OCC1c2ccccc2-c2ccccc21)C(=O)N1CC(C)(C(=O)O)C1. The second-order valence-corrected chi connectivity index (χ2v) is 8.25. The van der Waals surface area contributed by atoms with E-state index in [0.717, 1.165) is 22.3 Å². The van der Waals surface area contributed by atoms with Crippen molar-refractivity contribution in [2.45, 2.75) is 25.8 Å². The molecule has 0 spiro atoms. The van der Waals surface area contributed by atoms with Crippen LogP contribution in [0.5, 0.6) is 0 Å². The summed E-state index contributed by atoms with van der Waals surface area (Å²) in [6.07, 6.45) is -0.667. The average Bonchev–Trinajstić information content (AvgIpc) is 3.03. The molecule has 0 aromatic heterocycles. The van der Waals surface area contributed by atoms with Crippen molar-refractivity contribution in [1.82, 2.24) is 10.2 Å². The number of carboxylic acid groups (broad SMARTS) is 1. The Morgan fingerprint density at radius 3 is 2.17 bits per heavy atom. The lowest BCUT2D eigenvalue weighted by Gasteiger charge is -2.45. The van der Waals surface area contributed by atoms with Crippen LogP contribution in [-0.4, -0.2) is 53.7 Å². The maximum atomic E-state index is 12.4. The van der Waals surface area contributed by atoms with Crippen LogP contribution in [0, 0.1) is 5.41 Å². The lowest BCUT2D eigenvalue weighted by atomic mass is 9.82. The highest BCUT2D eigenvalue weighted by molar-refractivity contribution is 5.88. The molecule has 2 aromatic carbocycles. The van der Waals surface area contributed by atoms with E-state index in [-0.39, 0.29) is 31.5 Å². The molecule has 1 aliphatic heterocycles. The third-order valence-electron chi connectivity index (χ3n) is 5.96. The highest BCUT2D eigenvalue weighted by atomic mass is 16.5. The Morgan fingerprint density at radius 2 is 1.63 bits per heavy atom. The van der Waals surface area contributed by atoms with Crippen molar-refractivity contribution in [2.24, 2.45) is 5.41 Å². The summed E-state index contributed by atoms with van der Waals surface area (Å²) in [4.78, 5) is 37.3. The normalized spacial score (nSPS) is 17.3. The van der Waals surface area contributed by atoms with Gasteiger partial charge in [-0.05, 0) is 36.1 Å². The zero-order chi connectivity index (χ0) is 21.5. The molecular weight excluding hydrogens is 384 g/mol. The van der Waals surface area contributed by atoms with Gasteiger partial charge in [-0.15, -0.1) is 0 Å². The first-order valence-electron chi connectivity index (χ1n) is 9.94. The van der Waals surface area contributed by atoms with Crippen molar-refractivity contribution in [3.63, 3.8) is 0 Å². The van der Waals surface area contributed by atoms with Crippen molar-refractivity contribution in [1.29, 1.82) is 0 Å². The molecule has 0 saturated carbocycles. The number of nitrogens with one attached hydrogen (secondary N) is 1.